The van der Waals surface area contributed by atoms with E-state index in [0.29, 0.717) is 19.0 Å². The van der Waals surface area contributed by atoms with Crippen molar-refractivity contribution in [3.8, 4) is 0 Å². The molecule has 1 aromatic carbocycles. The molecule has 0 unspecified atom stereocenters. The molecule has 0 amide bonds. The van der Waals surface area contributed by atoms with Crippen LogP contribution in [0.5, 0.6) is 0 Å². The summed E-state index contributed by atoms with van der Waals surface area (Å²) in [6, 6.07) is 10.4. The van der Waals surface area contributed by atoms with Crippen molar-refractivity contribution in [2.45, 2.75) is 64.7 Å². The highest BCUT2D eigenvalue weighted by atomic mass is 32.2. The van der Waals surface area contributed by atoms with Crippen molar-refractivity contribution in [3.63, 3.8) is 0 Å². The maximum absolute atomic E-state index is 12.1. The van der Waals surface area contributed by atoms with Gasteiger partial charge in [-0.05, 0) is 24.3 Å². The van der Waals surface area contributed by atoms with Gasteiger partial charge in [-0.15, -0.1) is 0 Å². The Labute approximate surface area is 143 Å². The van der Waals surface area contributed by atoms with Gasteiger partial charge in [0.05, 0.1) is 6.26 Å². The summed E-state index contributed by atoms with van der Waals surface area (Å²) in [4.78, 5) is 0. The lowest BCUT2D eigenvalue weighted by atomic mass is 9.93. The smallest absolute Gasteiger partial charge is 0.211 e. The van der Waals surface area contributed by atoms with Crippen LogP contribution in [0.4, 0.5) is 0 Å². The average molecular weight is 340 g/mol. The number of hydrogen-bond acceptors (Lipinski definition) is 2. The summed E-state index contributed by atoms with van der Waals surface area (Å²) in [5, 5.41) is 0. The van der Waals surface area contributed by atoms with E-state index in [2.05, 4.69) is 26.0 Å². The highest BCUT2D eigenvalue weighted by molar-refractivity contribution is 7.88. The molecule has 0 aromatic heterocycles. The maximum atomic E-state index is 12.1. The Hall–Kier alpha value is -0.870. The minimum absolute atomic E-state index is 0.291. The van der Waals surface area contributed by atoms with Gasteiger partial charge < -0.3 is 0 Å². The van der Waals surface area contributed by atoms with Gasteiger partial charge in [-0.3, -0.25) is 0 Å². The Kier molecular flexibility index (Phi) is 9.49. The third-order valence-corrected chi connectivity index (χ3v) is 5.60. The molecule has 0 spiro atoms. The van der Waals surface area contributed by atoms with Crippen molar-refractivity contribution in [2.75, 3.05) is 19.3 Å². The predicted octanol–water partition coefficient (Wildman–Crippen LogP) is 4.80. The van der Waals surface area contributed by atoms with Crippen LogP contribution in [0.25, 0.3) is 0 Å². The van der Waals surface area contributed by atoms with Gasteiger partial charge in [0.2, 0.25) is 10.0 Å². The molecular weight excluding hydrogens is 306 g/mol. The normalized spacial score (nSPS) is 13.4. The molecule has 0 aliphatic rings. The topological polar surface area (TPSA) is 37.4 Å². The summed E-state index contributed by atoms with van der Waals surface area (Å²) in [7, 11) is -3.14. The highest BCUT2D eigenvalue weighted by Crippen LogP contribution is 2.25. The lowest BCUT2D eigenvalue weighted by Gasteiger charge is -2.26. The van der Waals surface area contributed by atoms with E-state index >= 15 is 0 Å². The Balaban J connectivity index is 2.80. The summed E-state index contributed by atoms with van der Waals surface area (Å²) >= 11 is 0. The maximum Gasteiger partial charge on any atom is 0.211 e. The SMILES string of the molecule is CCCCCC[C@@H](CN(CCCC)S(C)(=O)=O)c1ccccc1. The zero-order valence-electron chi connectivity index (χ0n) is 15.0. The first-order valence-electron chi connectivity index (χ1n) is 8.99. The van der Waals surface area contributed by atoms with E-state index in [4.69, 9.17) is 0 Å². The quantitative estimate of drug-likeness (QED) is 0.513. The van der Waals surface area contributed by atoms with Gasteiger partial charge in [-0.2, -0.15) is 0 Å². The standard InChI is InChI=1S/C19H33NO2S/c1-4-6-8-10-15-19(18-13-11-9-12-14-18)17-20(16-7-5-2)23(3,21)22/h9,11-14,19H,4-8,10,15-17H2,1-3H3/t19-/m0/s1. The summed E-state index contributed by atoms with van der Waals surface area (Å²) in [5.74, 6) is 0.291. The highest BCUT2D eigenvalue weighted by Gasteiger charge is 2.22. The van der Waals surface area contributed by atoms with Gasteiger partial charge in [0.15, 0.2) is 0 Å². The second-order valence-corrected chi connectivity index (χ2v) is 8.41. The molecule has 132 valence electrons. The van der Waals surface area contributed by atoms with Crippen LogP contribution in [-0.2, 0) is 10.0 Å². The number of sulfonamides is 1. The summed E-state index contributed by atoms with van der Waals surface area (Å²) < 4.78 is 25.9. The Morgan fingerprint density at radius 2 is 1.61 bits per heavy atom. The molecule has 0 aliphatic heterocycles. The van der Waals surface area contributed by atoms with Crippen LogP contribution in [0, 0.1) is 0 Å². The number of hydrogen-bond donors (Lipinski definition) is 0. The second kappa shape index (κ2) is 10.8. The fraction of sp³-hybridized carbons (Fsp3) is 0.684. The van der Waals surface area contributed by atoms with Gasteiger partial charge >= 0.3 is 0 Å². The molecule has 23 heavy (non-hydrogen) atoms. The average Bonchev–Trinajstić information content (AvgIpc) is 2.53. The summed E-state index contributed by atoms with van der Waals surface area (Å²) in [6.45, 7) is 5.55. The molecule has 3 nitrogen and oxygen atoms in total. The number of rotatable bonds is 12. The molecule has 0 saturated heterocycles. The molecule has 1 atom stereocenters. The first-order valence-corrected chi connectivity index (χ1v) is 10.8. The van der Waals surface area contributed by atoms with Crippen LogP contribution in [0.2, 0.25) is 0 Å². The van der Waals surface area contributed by atoms with E-state index in [1.807, 2.05) is 18.2 Å². The molecule has 0 radical (unpaired) electrons. The number of benzene rings is 1. The van der Waals surface area contributed by atoms with Gasteiger partial charge in [-0.25, -0.2) is 12.7 Å². The van der Waals surface area contributed by atoms with Gasteiger partial charge in [-0.1, -0.05) is 76.3 Å². The molecule has 0 aliphatic carbocycles. The first kappa shape index (κ1) is 20.2. The van der Waals surface area contributed by atoms with Crippen molar-refractivity contribution >= 4 is 10.0 Å². The monoisotopic (exact) mass is 339 g/mol. The van der Waals surface area contributed by atoms with Crippen LogP contribution >= 0.6 is 0 Å². The molecule has 0 heterocycles. The van der Waals surface area contributed by atoms with Crippen LogP contribution in [0.1, 0.15) is 70.3 Å². The molecule has 0 bridgehead atoms. The molecule has 1 rings (SSSR count). The van der Waals surface area contributed by atoms with Crippen LogP contribution in [0.15, 0.2) is 30.3 Å². The minimum Gasteiger partial charge on any atom is -0.213 e. The fourth-order valence-electron chi connectivity index (χ4n) is 2.88. The second-order valence-electron chi connectivity index (χ2n) is 6.43. The molecule has 0 N–H and O–H groups in total. The van der Waals surface area contributed by atoms with E-state index in [9.17, 15) is 8.42 Å². The Bertz CT molecular complexity index is 513. The van der Waals surface area contributed by atoms with Crippen molar-refractivity contribution in [1.29, 1.82) is 0 Å². The van der Waals surface area contributed by atoms with Gasteiger partial charge in [0, 0.05) is 13.1 Å². The van der Waals surface area contributed by atoms with Gasteiger partial charge in [0.25, 0.3) is 0 Å². The molecular formula is C19H33NO2S. The zero-order chi connectivity index (χ0) is 17.1. The summed E-state index contributed by atoms with van der Waals surface area (Å²) in [5.41, 5.74) is 1.26. The van der Waals surface area contributed by atoms with E-state index in [-0.39, 0.29) is 0 Å². The van der Waals surface area contributed by atoms with Crippen LogP contribution in [0.3, 0.4) is 0 Å². The van der Waals surface area contributed by atoms with Gasteiger partial charge in [0.1, 0.15) is 0 Å². The Morgan fingerprint density at radius 1 is 0.957 bits per heavy atom. The van der Waals surface area contributed by atoms with Crippen LogP contribution in [-0.4, -0.2) is 32.1 Å². The fourth-order valence-corrected chi connectivity index (χ4v) is 3.79. The molecule has 0 saturated carbocycles. The molecule has 4 heteroatoms. The third kappa shape index (κ3) is 7.98. The van der Waals surface area contributed by atoms with Crippen molar-refractivity contribution in [3.05, 3.63) is 35.9 Å². The lowest BCUT2D eigenvalue weighted by molar-refractivity contribution is 0.366. The number of nitrogens with zero attached hydrogens (tertiary/aromatic N) is 1. The largest absolute Gasteiger partial charge is 0.213 e. The van der Waals surface area contributed by atoms with E-state index in [0.717, 1.165) is 19.3 Å². The third-order valence-electron chi connectivity index (χ3n) is 4.33. The van der Waals surface area contributed by atoms with Crippen molar-refractivity contribution in [1.82, 2.24) is 4.31 Å². The van der Waals surface area contributed by atoms with Crippen molar-refractivity contribution in [2.24, 2.45) is 0 Å². The minimum atomic E-state index is -3.14. The van der Waals surface area contributed by atoms with Crippen LogP contribution < -0.4 is 0 Å². The summed E-state index contributed by atoms with van der Waals surface area (Å²) in [6.07, 6.45) is 9.20. The molecule has 0 fully saturated rings. The van der Waals surface area contributed by atoms with E-state index < -0.39 is 10.0 Å². The predicted molar refractivity (Wildman–Crippen MR) is 99.3 cm³/mol. The lowest BCUT2D eigenvalue weighted by Crippen LogP contribution is -2.34. The Morgan fingerprint density at radius 3 is 2.17 bits per heavy atom. The van der Waals surface area contributed by atoms with E-state index in [1.165, 1.54) is 37.5 Å². The first-order chi connectivity index (χ1) is 11.0. The zero-order valence-corrected chi connectivity index (χ0v) is 15.8. The number of unbranched alkanes of at least 4 members (excludes halogenated alkanes) is 4. The van der Waals surface area contributed by atoms with E-state index in [1.54, 1.807) is 4.31 Å². The molecule has 1 aromatic rings. The van der Waals surface area contributed by atoms with Crippen molar-refractivity contribution < 1.29 is 8.42 Å².